The number of benzene rings is 1. The summed E-state index contributed by atoms with van der Waals surface area (Å²) >= 11 is 0. The van der Waals surface area contributed by atoms with Crippen LogP contribution in [-0.2, 0) is 25.4 Å². The molecule has 0 saturated carbocycles. The number of esters is 1. The van der Waals surface area contributed by atoms with Gasteiger partial charge in [-0.25, -0.2) is 14.4 Å². The fourth-order valence-corrected chi connectivity index (χ4v) is 4.47. The molecule has 0 bridgehead atoms. The summed E-state index contributed by atoms with van der Waals surface area (Å²) in [5.74, 6) is 0.0639. The fraction of sp³-hybridized carbons (Fsp3) is 0.520. The molecule has 3 heterocycles. The second kappa shape index (κ2) is 10.0. The van der Waals surface area contributed by atoms with Crippen LogP contribution in [0, 0.1) is 5.82 Å². The Kier molecular flexibility index (Phi) is 7.23. The molecule has 0 aliphatic carbocycles. The van der Waals surface area contributed by atoms with Crippen molar-refractivity contribution in [2.75, 3.05) is 24.6 Å². The molecule has 35 heavy (non-hydrogen) atoms. The number of oxime groups is 1. The highest BCUT2D eigenvalue weighted by molar-refractivity contribution is 6.74. The van der Waals surface area contributed by atoms with Gasteiger partial charge in [0.05, 0.1) is 25.4 Å². The quantitative estimate of drug-likeness (QED) is 0.295. The molecule has 1 unspecified atom stereocenters. The first kappa shape index (κ1) is 25.2. The van der Waals surface area contributed by atoms with Crippen molar-refractivity contribution in [1.82, 2.24) is 9.97 Å². The van der Waals surface area contributed by atoms with Gasteiger partial charge in [-0.1, -0.05) is 44.1 Å². The van der Waals surface area contributed by atoms with Crippen LogP contribution in [0.3, 0.4) is 0 Å². The van der Waals surface area contributed by atoms with E-state index in [0.29, 0.717) is 48.6 Å². The second-order valence-electron chi connectivity index (χ2n) is 10.6. The summed E-state index contributed by atoms with van der Waals surface area (Å²) < 4.78 is 26.6. The monoisotopic (exact) mass is 500 g/mol. The number of hydrogen-bond donors (Lipinski definition) is 0. The standard InChI is InChI=1S/C25H33FN4O4Si/c1-25(2,3)35(4,5)33-15-17-7-6-8-21(23(17)26)18-11-27-24(28-12-18)30-13-19(14-30)29-32-16-20-9-10-22(31)34-20/h6-8,11-12,20H,9-10,13-16H2,1-5H3. The Morgan fingerprint density at radius 1 is 1.23 bits per heavy atom. The van der Waals surface area contributed by atoms with Crippen LogP contribution >= 0.6 is 0 Å². The van der Waals surface area contributed by atoms with Crippen LogP contribution in [-0.4, -0.2) is 55.8 Å². The minimum absolute atomic E-state index is 0.0587. The lowest BCUT2D eigenvalue weighted by Crippen LogP contribution is -2.48. The first-order chi connectivity index (χ1) is 16.5. The van der Waals surface area contributed by atoms with E-state index in [1.165, 1.54) is 0 Å². The van der Waals surface area contributed by atoms with Gasteiger partial charge in [0.25, 0.3) is 0 Å². The predicted molar refractivity (Wildman–Crippen MR) is 134 cm³/mol. The molecular formula is C25H33FN4O4Si. The van der Waals surface area contributed by atoms with Crippen molar-refractivity contribution in [3.63, 3.8) is 0 Å². The summed E-state index contributed by atoms with van der Waals surface area (Å²) in [5, 5.41) is 4.16. The van der Waals surface area contributed by atoms with Gasteiger partial charge >= 0.3 is 5.97 Å². The summed E-state index contributed by atoms with van der Waals surface area (Å²) in [6, 6.07) is 5.33. The van der Waals surface area contributed by atoms with E-state index < -0.39 is 8.32 Å². The summed E-state index contributed by atoms with van der Waals surface area (Å²) in [6.45, 7) is 12.4. The number of rotatable bonds is 8. The summed E-state index contributed by atoms with van der Waals surface area (Å²) in [4.78, 5) is 27.2. The molecule has 0 radical (unpaired) electrons. The maximum Gasteiger partial charge on any atom is 0.306 e. The molecular weight excluding hydrogens is 467 g/mol. The van der Waals surface area contributed by atoms with Gasteiger partial charge in [0.1, 0.15) is 11.9 Å². The molecule has 1 aromatic heterocycles. The van der Waals surface area contributed by atoms with Crippen LogP contribution < -0.4 is 4.90 Å². The van der Waals surface area contributed by atoms with Crippen LogP contribution in [0.15, 0.2) is 35.7 Å². The minimum atomic E-state index is -1.98. The van der Waals surface area contributed by atoms with Gasteiger partial charge in [0.2, 0.25) is 5.95 Å². The Hall–Kier alpha value is -2.85. The molecule has 2 aliphatic heterocycles. The molecule has 8 nitrogen and oxygen atoms in total. The number of hydrogen-bond acceptors (Lipinski definition) is 8. The van der Waals surface area contributed by atoms with Gasteiger partial charge in [-0.15, -0.1) is 0 Å². The van der Waals surface area contributed by atoms with Gasteiger partial charge in [-0.05, 0) is 24.6 Å². The molecule has 2 aromatic rings. The number of ether oxygens (including phenoxy) is 1. The molecule has 0 N–H and O–H groups in total. The molecule has 2 aliphatic rings. The molecule has 2 saturated heterocycles. The highest BCUT2D eigenvalue weighted by Gasteiger charge is 2.37. The third-order valence-corrected chi connectivity index (χ3v) is 11.4. The second-order valence-corrected chi connectivity index (χ2v) is 15.4. The van der Waals surface area contributed by atoms with E-state index in [1.54, 1.807) is 24.5 Å². The van der Waals surface area contributed by atoms with E-state index in [0.717, 1.165) is 5.71 Å². The normalized spacial score (nSPS) is 18.3. The van der Waals surface area contributed by atoms with Crippen LogP contribution in [0.2, 0.25) is 18.1 Å². The third kappa shape index (κ3) is 5.87. The predicted octanol–water partition coefficient (Wildman–Crippen LogP) is 4.70. The molecule has 2 fully saturated rings. The van der Waals surface area contributed by atoms with Crippen molar-refractivity contribution in [1.29, 1.82) is 0 Å². The maximum absolute atomic E-state index is 15.3. The number of carbonyl (C=O) groups is 1. The Balaban J connectivity index is 1.33. The van der Waals surface area contributed by atoms with Gasteiger partial charge in [0.15, 0.2) is 14.9 Å². The highest BCUT2D eigenvalue weighted by atomic mass is 28.4. The smallest absolute Gasteiger partial charge is 0.306 e. The fourth-order valence-electron chi connectivity index (χ4n) is 3.52. The van der Waals surface area contributed by atoms with E-state index in [2.05, 4.69) is 49.0 Å². The lowest BCUT2D eigenvalue weighted by atomic mass is 10.1. The minimum Gasteiger partial charge on any atom is -0.459 e. The molecule has 4 rings (SSSR count). The SMILES string of the molecule is CC(C)(C)[Si](C)(C)OCc1cccc(-c2cnc(N3CC(=NOCC4CCC(=O)O4)C3)nc2)c1F. The average molecular weight is 501 g/mol. The Labute approximate surface area is 206 Å². The number of nitrogens with zero attached hydrogens (tertiary/aromatic N) is 4. The van der Waals surface area contributed by atoms with Crippen LogP contribution in [0.4, 0.5) is 10.3 Å². The Bertz CT molecular complexity index is 1090. The van der Waals surface area contributed by atoms with Crippen molar-refractivity contribution >= 4 is 25.9 Å². The highest BCUT2D eigenvalue weighted by Crippen LogP contribution is 2.37. The maximum atomic E-state index is 15.3. The zero-order valence-electron chi connectivity index (χ0n) is 21.0. The molecule has 0 amide bonds. The van der Waals surface area contributed by atoms with Crippen molar-refractivity contribution < 1.29 is 23.2 Å². The van der Waals surface area contributed by atoms with Crippen LogP contribution in [0.25, 0.3) is 11.1 Å². The van der Waals surface area contributed by atoms with Crippen molar-refractivity contribution in [2.45, 2.75) is 64.5 Å². The van der Waals surface area contributed by atoms with Crippen LogP contribution in [0.5, 0.6) is 0 Å². The number of aromatic nitrogens is 2. The molecule has 10 heteroatoms. The zero-order chi connectivity index (χ0) is 25.2. The van der Waals surface area contributed by atoms with E-state index in [9.17, 15) is 4.79 Å². The van der Waals surface area contributed by atoms with Crippen molar-refractivity contribution in [3.05, 3.63) is 42.0 Å². The lowest BCUT2D eigenvalue weighted by Gasteiger charge is -2.36. The van der Waals surface area contributed by atoms with E-state index in [1.807, 2.05) is 11.0 Å². The first-order valence-electron chi connectivity index (χ1n) is 11.9. The van der Waals surface area contributed by atoms with E-state index >= 15 is 4.39 Å². The van der Waals surface area contributed by atoms with Gasteiger partial charge in [-0.3, -0.25) is 4.79 Å². The van der Waals surface area contributed by atoms with Crippen molar-refractivity contribution in [2.24, 2.45) is 5.16 Å². The summed E-state index contributed by atoms with van der Waals surface area (Å²) in [7, 11) is -1.98. The lowest BCUT2D eigenvalue weighted by molar-refractivity contribution is -0.143. The summed E-state index contributed by atoms with van der Waals surface area (Å²) in [6.07, 6.45) is 4.17. The zero-order valence-corrected chi connectivity index (χ0v) is 22.0. The Morgan fingerprint density at radius 3 is 2.57 bits per heavy atom. The molecule has 0 spiro atoms. The summed E-state index contributed by atoms with van der Waals surface area (Å²) in [5.41, 5.74) is 2.47. The number of anilines is 1. The van der Waals surface area contributed by atoms with Gasteiger partial charge in [-0.2, -0.15) is 0 Å². The Morgan fingerprint density at radius 2 is 1.94 bits per heavy atom. The van der Waals surface area contributed by atoms with Crippen molar-refractivity contribution in [3.8, 4) is 11.1 Å². The number of halogens is 1. The largest absolute Gasteiger partial charge is 0.459 e. The van der Waals surface area contributed by atoms with Crippen LogP contribution in [0.1, 0.15) is 39.2 Å². The van der Waals surface area contributed by atoms with Gasteiger partial charge < -0.3 is 18.9 Å². The average Bonchev–Trinajstić information content (AvgIpc) is 3.19. The van der Waals surface area contributed by atoms with E-state index in [-0.39, 0.29) is 36.1 Å². The molecule has 1 atom stereocenters. The molecule has 1 aromatic carbocycles. The molecule has 188 valence electrons. The van der Waals surface area contributed by atoms with Gasteiger partial charge in [0, 0.05) is 35.5 Å². The third-order valence-electron chi connectivity index (χ3n) is 6.87. The topological polar surface area (TPSA) is 86.1 Å². The first-order valence-corrected chi connectivity index (χ1v) is 14.8. The van der Waals surface area contributed by atoms with E-state index in [4.69, 9.17) is 14.0 Å². The number of cyclic esters (lactones) is 1. The number of carbonyl (C=O) groups excluding carboxylic acids is 1.